The molecule has 0 aliphatic carbocycles. The van der Waals surface area contributed by atoms with E-state index in [1.165, 1.54) is 0 Å². The Kier molecular flexibility index (Phi) is 5.73. The number of aliphatic hydroxyl groups excluding tert-OH is 1. The smallest absolute Gasteiger partial charge is 0.303 e. The number of unbranched alkanes of at least 4 members (excludes halogenated alkanes) is 1. The van der Waals surface area contributed by atoms with E-state index in [0.29, 0.717) is 19.6 Å². The van der Waals surface area contributed by atoms with Crippen molar-refractivity contribution in [3.8, 4) is 0 Å². The summed E-state index contributed by atoms with van der Waals surface area (Å²) < 4.78 is 5.26. The molecule has 0 aromatic heterocycles. The van der Waals surface area contributed by atoms with Gasteiger partial charge in [-0.2, -0.15) is 0 Å². The minimum atomic E-state index is -0.747. The SMILES string of the molecule is O=C(O)CCCCNC1(CO)CCOCC1. The number of carbonyl (C=O) groups is 1. The fourth-order valence-electron chi connectivity index (χ4n) is 1.91. The number of carboxylic acid groups (broad SMARTS) is 1. The molecule has 1 saturated heterocycles. The summed E-state index contributed by atoms with van der Waals surface area (Å²) in [7, 11) is 0. The second-order valence-electron chi connectivity index (χ2n) is 4.33. The van der Waals surface area contributed by atoms with E-state index >= 15 is 0 Å². The third kappa shape index (κ3) is 4.47. The maximum Gasteiger partial charge on any atom is 0.303 e. The topological polar surface area (TPSA) is 78.8 Å². The van der Waals surface area contributed by atoms with Crippen LogP contribution in [0.1, 0.15) is 32.1 Å². The lowest BCUT2D eigenvalue weighted by Crippen LogP contribution is -2.52. The van der Waals surface area contributed by atoms with Gasteiger partial charge in [0, 0.05) is 25.2 Å². The molecule has 0 unspecified atom stereocenters. The highest BCUT2D eigenvalue weighted by Crippen LogP contribution is 2.19. The third-order valence-corrected chi connectivity index (χ3v) is 3.07. The molecule has 1 rings (SSSR count). The summed E-state index contributed by atoms with van der Waals surface area (Å²) in [4.78, 5) is 10.3. The Balaban J connectivity index is 2.15. The van der Waals surface area contributed by atoms with Crippen molar-refractivity contribution in [2.45, 2.75) is 37.6 Å². The Hall–Kier alpha value is -0.650. The van der Waals surface area contributed by atoms with Crippen LogP contribution in [0.15, 0.2) is 0 Å². The van der Waals surface area contributed by atoms with Crippen LogP contribution in [-0.4, -0.2) is 48.1 Å². The normalized spacial score (nSPS) is 19.6. The summed E-state index contributed by atoms with van der Waals surface area (Å²) in [6.45, 7) is 2.24. The van der Waals surface area contributed by atoms with Gasteiger partial charge in [0.15, 0.2) is 0 Å². The maximum atomic E-state index is 10.3. The Labute approximate surface area is 95.8 Å². The van der Waals surface area contributed by atoms with Crippen LogP contribution in [0.5, 0.6) is 0 Å². The molecule has 5 nitrogen and oxygen atoms in total. The van der Waals surface area contributed by atoms with Gasteiger partial charge in [-0.15, -0.1) is 0 Å². The monoisotopic (exact) mass is 231 g/mol. The average molecular weight is 231 g/mol. The number of hydrogen-bond acceptors (Lipinski definition) is 4. The first-order valence-corrected chi connectivity index (χ1v) is 5.84. The zero-order valence-corrected chi connectivity index (χ0v) is 9.57. The first-order chi connectivity index (χ1) is 7.68. The van der Waals surface area contributed by atoms with Crippen molar-refractivity contribution in [3.63, 3.8) is 0 Å². The lowest BCUT2D eigenvalue weighted by molar-refractivity contribution is -0.137. The molecular weight excluding hydrogens is 210 g/mol. The number of hydrogen-bond donors (Lipinski definition) is 3. The average Bonchev–Trinajstić information content (AvgIpc) is 2.29. The lowest BCUT2D eigenvalue weighted by atomic mass is 9.91. The second-order valence-corrected chi connectivity index (χ2v) is 4.33. The van der Waals surface area contributed by atoms with Crippen LogP contribution in [0.25, 0.3) is 0 Å². The molecule has 3 N–H and O–H groups in total. The van der Waals surface area contributed by atoms with Gasteiger partial charge in [0.05, 0.1) is 6.61 Å². The summed E-state index contributed by atoms with van der Waals surface area (Å²) in [6.07, 6.45) is 3.37. The largest absolute Gasteiger partial charge is 0.481 e. The van der Waals surface area contributed by atoms with E-state index in [2.05, 4.69) is 5.32 Å². The van der Waals surface area contributed by atoms with Gasteiger partial charge in [-0.05, 0) is 32.2 Å². The minimum absolute atomic E-state index is 0.120. The number of aliphatic carboxylic acids is 1. The van der Waals surface area contributed by atoms with Gasteiger partial charge < -0.3 is 20.3 Å². The van der Waals surface area contributed by atoms with Crippen LogP contribution in [0.2, 0.25) is 0 Å². The zero-order valence-electron chi connectivity index (χ0n) is 9.57. The fourth-order valence-corrected chi connectivity index (χ4v) is 1.91. The lowest BCUT2D eigenvalue weighted by Gasteiger charge is -2.36. The van der Waals surface area contributed by atoms with Crippen LogP contribution in [0.3, 0.4) is 0 Å². The molecule has 5 heteroatoms. The summed E-state index contributed by atoms with van der Waals surface area (Å²) in [5, 5.41) is 21.2. The molecule has 0 bridgehead atoms. The van der Waals surface area contributed by atoms with E-state index < -0.39 is 5.97 Å². The minimum Gasteiger partial charge on any atom is -0.481 e. The summed E-state index contributed by atoms with van der Waals surface area (Å²) >= 11 is 0. The van der Waals surface area contributed by atoms with Gasteiger partial charge in [-0.1, -0.05) is 0 Å². The Morgan fingerprint density at radius 1 is 1.31 bits per heavy atom. The van der Waals surface area contributed by atoms with Gasteiger partial charge in [0.2, 0.25) is 0 Å². The second kappa shape index (κ2) is 6.83. The predicted molar refractivity (Wildman–Crippen MR) is 59.4 cm³/mol. The molecule has 0 radical (unpaired) electrons. The standard InChI is InChI=1S/C11H21NO4/c13-9-11(4-7-16-8-5-11)12-6-2-1-3-10(14)15/h12-13H,1-9H2,(H,14,15). The van der Waals surface area contributed by atoms with Crippen LogP contribution in [-0.2, 0) is 9.53 Å². The molecule has 0 amide bonds. The van der Waals surface area contributed by atoms with Gasteiger partial charge in [-0.25, -0.2) is 0 Å². The van der Waals surface area contributed by atoms with Crippen molar-refractivity contribution in [2.75, 3.05) is 26.4 Å². The van der Waals surface area contributed by atoms with Gasteiger partial charge >= 0.3 is 5.97 Å². The molecule has 0 aromatic carbocycles. The van der Waals surface area contributed by atoms with Crippen LogP contribution in [0, 0.1) is 0 Å². The molecule has 16 heavy (non-hydrogen) atoms. The molecule has 1 fully saturated rings. The third-order valence-electron chi connectivity index (χ3n) is 3.07. The van der Waals surface area contributed by atoms with E-state index in [1.807, 2.05) is 0 Å². The molecule has 0 atom stereocenters. The molecular formula is C11H21NO4. The number of nitrogens with one attached hydrogen (secondary N) is 1. The number of rotatable bonds is 7. The highest BCUT2D eigenvalue weighted by Gasteiger charge is 2.30. The van der Waals surface area contributed by atoms with E-state index in [1.54, 1.807) is 0 Å². The molecule has 1 aliphatic rings. The molecule has 1 aliphatic heterocycles. The van der Waals surface area contributed by atoms with Crippen molar-refractivity contribution < 1.29 is 19.7 Å². The van der Waals surface area contributed by atoms with Gasteiger partial charge in [0.25, 0.3) is 0 Å². The molecule has 0 saturated carbocycles. The molecule has 94 valence electrons. The first kappa shape index (κ1) is 13.4. The van der Waals surface area contributed by atoms with Crippen molar-refractivity contribution in [3.05, 3.63) is 0 Å². The summed E-state index contributed by atoms with van der Waals surface area (Å²) in [5.41, 5.74) is -0.207. The molecule has 1 heterocycles. The highest BCUT2D eigenvalue weighted by atomic mass is 16.5. The van der Waals surface area contributed by atoms with Crippen molar-refractivity contribution in [2.24, 2.45) is 0 Å². The summed E-state index contributed by atoms with van der Waals surface area (Å²) in [5.74, 6) is -0.747. The molecule has 0 aromatic rings. The van der Waals surface area contributed by atoms with Crippen molar-refractivity contribution in [1.82, 2.24) is 5.32 Å². The number of aliphatic hydroxyl groups is 1. The van der Waals surface area contributed by atoms with Crippen LogP contribution in [0.4, 0.5) is 0 Å². The maximum absolute atomic E-state index is 10.3. The summed E-state index contributed by atoms with van der Waals surface area (Å²) in [6, 6.07) is 0. The number of carboxylic acids is 1. The van der Waals surface area contributed by atoms with E-state index in [4.69, 9.17) is 9.84 Å². The van der Waals surface area contributed by atoms with Crippen LogP contribution < -0.4 is 5.32 Å². The van der Waals surface area contributed by atoms with E-state index in [0.717, 1.165) is 25.8 Å². The zero-order chi connectivity index (χ0) is 11.9. The van der Waals surface area contributed by atoms with E-state index in [-0.39, 0.29) is 18.6 Å². The Bertz CT molecular complexity index is 214. The Morgan fingerprint density at radius 3 is 2.56 bits per heavy atom. The van der Waals surface area contributed by atoms with E-state index in [9.17, 15) is 9.90 Å². The first-order valence-electron chi connectivity index (χ1n) is 5.84. The van der Waals surface area contributed by atoms with Gasteiger partial charge in [0.1, 0.15) is 0 Å². The van der Waals surface area contributed by atoms with Crippen molar-refractivity contribution in [1.29, 1.82) is 0 Å². The van der Waals surface area contributed by atoms with Gasteiger partial charge in [-0.3, -0.25) is 4.79 Å². The Morgan fingerprint density at radius 2 is 2.00 bits per heavy atom. The fraction of sp³-hybridized carbons (Fsp3) is 0.909. The quantitative estimate of drug-likeness (QED) is 0.552. The number of ether oxygens (including phenoxy) is 1. The van der Waals surface area contributed by atoms with Crippen LogP contribution >= 0.6 is 0 Å². The molecule has 0 spiro atoms. The predicted octanol–water partition coefficient (Wildman–Crippen LogP) is 0.372. The highest BCUT2D eigenvalue weighted by molar-refractivity contribution is 5.66. The van der Waals surface area contributed by atoms with Crippen molar-refractivity contribution >= 4 is 5.97 Å².